The maximum absolute atomic E-state index is 13.3. The average Bonchev–Trinajstić information content (AvgIpc) is 2.52. The predicted molar refractivity (Wildman–Crippen MR) is 61.1 cm³/mol. The quantitative estimate of drug-likeness (QED) is 0.920. The molecule has 1 aromatic rings. The molecule has 1 aliphatic rings. The van der Waals surface area contributed by atoms with E-state index in [4.69, 9.17) is 5.11 Å². The number of carbonyl (C=O) groups is 1. The van der Waals surface area contributed by atoms with Gasteiger partial charge in [0, 0.05) is 19.0 Å². The molecule has 0 radical (unpaired) electrons. The fourth-order valence-corrected chi connectivity index (χ4v) is 2.42. The van der Waals surface area contributed by atoms with Crippen LogP contribution in [0.3, 0.4) is 0 Å². The zero-order chi connectivity index (χ0) is 14.4. The van der Waals surface area contributed by atoms with Crippen molar-refractivity contribution < 1.29 is 23.1 Å². The molecule has 1 saturated carbocycles. The first kappa shape index (κ1) is 13.9. The van der Waals surface area contributed by atoms with E-state index in [1.54, 1.807) is 0 Å². The summed E-state index contributed by atoms with van der Waals surface area (Å²) in [5.41, 5.74) is -0.795. The average molecular weight is 276 g/mol. The Labute approximate surface area is 108 Å². The van der Waals surface area contributed by atoms with Crippen molar-refractivity contribution in [2.45, 2.75) is 45.3 Å². The summed E-state index contributed by atoms with van der Waals surface area (Å²) in [5, 5.41) is 12.8. The molecule has 19 heavy (non-hydrogen) atoms. The Bertz CT molecular complexity index is 502. The number of alkyl halides is 3. The maximum Gasteiger partial charge on any atom is 0.354 e. The van der Waals surface area contributed by atoms with Crippen LogP contribution in [-0.2, 0) is 12.5 Å². The number of aromatic carboxylic acids is 1. The first-order valence-corrected chi connectivity index (χ1v) is 6.03. The normalized spacial score (nSPS) is 23.2. The van der Waals surface area contributed by atoms with E-state index in [2.05, 4.69) is 5.10 Å². The molecule has 1 aromatic heterocycles. The molecule has 0 saturated heterocycles. The molecule has 7 heteroatoms. The molecule has 1 N–H and O–H groups in total. The Morgan fingerprint density at radius 3 is 2.53 bits per heavy atom. The molecule has 0 aromatic carbocycles. The Morgan fingerprint density at radius 1 is 1.53 bits per heavy atom. The van der Waals surface area contributed by atoms with E-state index < -0.39 is 23.8 Å². The highest BCUT2D eigenvalue weighted by Crippen LogP contribution is 2.34. The van der Waals surface area contributed by atoms with E-state index in [0.717, 1.165) is 4.68 Å². The van der Waals surface area contributed by atoms with Crippen LogP contribution in [0.25, 0.3) is 0 Å². The lowest BCUT2D eigenvalue weighted by molar-refractivity contribution is 0.0110. The largest absolute Gasteiger partial charge is 0.477 e. The van der Waals surface area contributed by atoms with Crippen molar-refractivity contribution in [2.75, 3.05) is 0 Å². The summed E-state index contributed by atoms with van der Waals surface area (Å²) in [6.07, 6.45) is -0.215. The van der Waals surface area contributed by atoms with Gasteiger partial charge in [-0.3, -0.25) is 4.68 Å². The zero-order valence-electron chi connectivity index (χ0n) is 10.7. The van der Waals surface area contributed by atoms with Crippen LogP contribution in [0.2, 0.25) is 0 Å². The van der Waals surface area contributed by atoms with Gasteiger partial charge in [0.2, 0.25) is 0 Å². The molecule has 1 heterocycles. The van der Waals surface area contributed by atoms with Crippen molar-refractivity contribution in [1.29, 1.82) is 0 Å². The molecule has 0 atom stereocenters. The molecule has 106 valence electrons. The third kappa shape index (κ3) is 2.59. The predicted octanol–water partition coefficient (Wildman–Crippen LogP) is 2.75. The number of hydrogen-bond acceptors (Lipinski definition) is 2. The summed E-state index contributed by atoms with van der Waals surface area (Å²) in [7, 11) is 0. The van der Waals surface area contributed by atoms with Gasteiger partial charge in [0.1, 0.15) is 17.6 Å². The molecule has 4 nitrogen and oxygen atoms in total. The van der Waals surface area contributed by atoms with Gasteiger partial charge < -0.3 is 5.11 Å². The number of aromatic nitrogens is 2. The fourth-order valence-electron chi connectivity index (χ4n) is 2.42. The summed E-state index contributed by atoms with van der Waals surface area (Å²) in [6.45, 7) is 2.16. The first-order chi connectivity index (χ1) is 8.70. The van der Waals surface area contributed by atoms with Gasteiger partial charge in [-0.25, -0.2) is 9.18 Å². The lowest BCUT2D eigenvalue weighted by atomic mass is 9.83. The van der Waals surface area contributed by atoms with Gasteiger partial charge in [-0.1, -0.05) is 0 Å². The lowest BCUT2D eigenvalue weighted by Gasteiger charge is -2.29. The van der Waals surface area contributed by atoms with Gasteiger partial charge >= 0.3 is 5.97 Å². The van der Waals surface area contributed by atoms with E-state index in [-0.39, 0.29) is 23.7 Å². The van der Waals surface area contributed by atoms with Gasteiger partial charge in [-0.05, 0) is 25.7 Å². The maximum atomic E-state index is 13.3. The van der Waals surface area contributed by atoms with Crippen molar-refractivity contribution in [3.63, 3.8) is 0 Å². The van der Waals surface area contributed by atoms with Gasteiger partial charge in [0.25, 0.3) is 5.92 Å². The Balaban J connectivity index is 2.33. The van der Waals surface area contributed by atoms with E-state index in [1.807, 2.05) is 0 Å². The van der Waals surface area contributed by atoms with Gasteiger partial charge in [-0.15, -0.1) is 0 Å². The highest BCUT2D eigenvalue weighted by atomic mass is 19.3. The third-order valence-corrected chi connectivity index (χ3v) is 3.42. The summed E-state index contributed by atoms with van der Waals surface area (Å²) >= 11 is 0. The van der Waals surface area contributed by atoms with E-state index in [1.165, 1.54) is 6.92 Å². The second-order valence-electron chi connectivity index (χ2n) is 5.13. The van der Waals surface area contributed by atoms with Crippen molar-refractivity contribution in [2.24, 2.45) is 5.92 Å². The number of rotatable bonds is 4. The first-order valence-electron chi connectivity index (χ1n) is 6.03. The summed E-state index contributed by atoms with van der Waals surface area (Å²) < 4.78 is 40.5. The molecule has 2 rings (SSSR count). The van der Waals surface area contributed by atoms with Crippen LogP contribution in [0.4, 0.5) is 13.2 Å². The van der Waals surface area contributed by atoms with Crippen LogP contribution in [0.15, 0.2) is 0 Å². The van der Waals surface area contributed by atoms with Gasteiger partial charge in [0.05, 0.1) is 0 Å². The minimum Gasteiger partial charge on any atom is -0.477 e. The van der Waals surface area contributed by atoms with E-state index in [0.29, 0.717) is 19.8 Å². The molecular weight excluding hydrogens is 261 g/mol. The molecule has 0 unspecified atom stereocenters. The molecular formula is C12H15F3N2O2. The van der Waals surface area contributed by atoms with Crippen LogP contribution in [0.5, 0.6) is 0 Å². The van der Waals surface area contributed by atoms with Crippen LogP contribution in [-0.4, -0.2) is 27.0 Å². The summed E-state index contributed by atoms with van der Waals surface area (Å²) in [5.74, 6) is -4.52. The number of hydrogen-bond donors (Lipinski definition) is 1. The van der Waals surface area contributed by atoms with Crippen molar-refractivity contribution >= 4 is 5.97 Å². The molecule has 0 bridgehead atoms. The minimum absolute atomic E-state index is 0.0314. The molecule has 0 aliphatic heterocycles. The number of halogens is 3. The summed E-state index contributed by atoms with van der Waals surface area (Å²) in [4.78, 5) is 11.2. The van der Waals surface area contributed by atoms with Gasteiger partial charge in [-0.2, -0.15) is 13.9 Å². The van der Waals surface area contributed by atoms with E-state index in [9.17, 15) is 18.0 Å². The zero-order valence-corrected chi connectivity index (χ0v) is 10.7. The Kier molecular flexibility index (Phi) is 3.32. The van der Waals surface area contributed by atoms with Crippen molar-refractivity contribution in [3.05, 3.63) is 17.0 Å². The minimum atomic E-state index is -3.19. The van der Waals surface area contributed by atoms with Crippen LogP contribution >= 0.6 is 0 Å². The SMILES string of the molecule is Cc1c(C(C)(F)F)nn(CC2CC(F)C2)c1C(=O)O. The lowest BCUT2D eigenvalue weighted by Crippen LogP contribution is -2.30. The Hall–Kier alpha value is -1.53. The second-order valence-corrected chi connectivity index (χ2v) is 5.13. The number of nitrogens with zero attached hydrogens (tertiary/aromatic N) is 2. The standard InChI is InChI=1S/C12H15F3N2O2/c1-6-9(11(18)19)17(5-7-3-8(13)4-7)16-10(6)12(2,14)15/h7-8H,3-5H2,1-2H3,(H,18,19). The Morgan fingerprint density at radius 2 is 2.11 bits per heavy atom. The van der Waals surface area contributed by atoms with Crippen LogP contribution in [0, 0.1) is 12.8 Å². The van der Waals surface area contributed by atoms with Crippen LogP contribution in [0.1, 0.15) is 41.5 Å². The summed E-state index contributed by atoms with van der Waals surface area (Å²) in [6, 6.07) is 0. The molecule has 0 spiro atoms. The molecule has 1 fully saturated rings. The molecule has 1 aliphatic carbocycles. The fraction of sp³-hybridized carbons (Fsp3) is 0.667. The second kappa shape index (κ2) is 4.54. The number of carboxylic acids is 1. The topological polar surface area (TPSA) is 55.1 Å². The monoisotopic (exact) mass is 276 g/mol. The smallest absolute Gasteiger partial charge is 0.354 e. The highest BCUT2D eigenvalue weighted by molar-refractivity contribution is 5.87. The van der Waals surface area contributed by atoms with Gasteiger partial charge in [0.15, 0.2) is 0 Å². The molecule has 0 amide bonds. The third-order valence-electron chi connectivity index (χ3n) is 3.42. The van der Waals surface area contributed by atoms with E-state index >= 15 is 0 Å². The van der Waals surface area contributed by atoms with Crippen molar-refractivity contribution in [3.8, 4) is 0 Å². The highest BCUT2D eigenvalue weighted by Gasteiger charge is 2.36. The van der Waals surface area contributed by atoms with Crippen LogP contribution < -0.4 is 0 Å². The number of carboxylic acid groups (broad SMARTS) is 1. The van der Waals surface area contributed by atoms with Crippen molar-refractivity contribution in [1.82, 2.24) is 9.78 Å².